The number of halogens is 1. The number of carboxylic acid groups (broad SMARTS) is 1. The van der Waals surface area contributed by atoms with Gasteiger partial charge in [0.15, 0.2) is 0 Å². The molecule has 1 aromatic carbocycles. The summed E-state index contributed by atoms with van der Waals surface area (Å²) in [5, 5.41) is 16.7. The van der Waals surface area contributed by atoms with Gasteiger partial charge in [0.25, 0.3) is 5.91 Å². The van der Waals surface area contributed by atoms with Gasteiger partial charge in [0.1, 0.15) is 17.9 Å². The topological polar surface area (TPSA) is 95.8 Å². The van der Waals surface area contributed by atoms with Gasteiger partial charge in [-0.05, 0) is 42.5 Å². The number of nitrogens with one attached hydrogen (secondary N) is 1. The maximum Gasteiger partial charge on any atom is 0.326 e. The summed E-state index contributed by atoms with van der Waals surface area (Å²) in [4.78, 5) is 35.9. The summed E-state index contributed by atoms with van der Waals surface area (Å²) in [6.07, 6.45) is 2.15. The number of hydrogen-bond donors (Lipinski definition) is 2. The van der Waals surface area contributed by atoms with E-state index in [1.165, 1.54) is 35.6 Å². The standard InChI is InChI=1S/C18H17FN2O4S/c19-11-6-4-10(5-7-11)8-15(18(23)24)20-17(22)13-9-26-16-12(13)2-1-3-14(16)21-25/h4-7,9,14-15H,1-3,8H2,(H,20,22)(H,23,24). The first-order valence-electron chi connectivity index (χ1n) is 8.20. The number of rotatable bonds is 6. The predicted molar refractivity (Wildman–Crippen MR) is 94.8 cm³/mol. The number of nitroso groups, excluding NO2 is 1. The van der Waals surface area contributed by atoms with Gasteiger partial charge in [0, 0.05) is 16.7 Å². The zero-order valence-electron chi connectivity index (χ0n) is 13.8. The van der Waals surface area contributed by atoms with E-state index in [9.17, 15) is 24.0 Å². The third-order valence-corrected chi connectivity index (χ3v) is 5.59. The third kappa shape index (κ3) is 3.80. The van der Waals surface area contributed by atoms with Crippen molar-refractivity contribution >= 4 is 23.2 Å². The first-order valence-corrected chi connectivity index (χ1v) is 9.08. The van der Waals surface area contributed by atoms with Crippen LogP contribution in [0, 0.1) is 10.7 Å². The maximum absolute atomic E-state index is 13.0. The molecular weight excluding hydrogens is 359 g/mol. The van der Waals surface area contributed by atoms with Crippen molar-refractivity contribution in [1.82, 2.24) is 5.32 Å². The fourth-order valence-electron chi connectivity index (χ4n) is 3.12. The van der Waals surface area contributed by atoms with Crippen molar-refractivity contribution in [2.75, 3.05) is 0 Å². The Labute approximate surface area is 153 Å². The molecule has 2 N–H and O–H groups in total. The van der Waals surface area contributed by atoms with Crippen LogP contribution in [-0.4, -0.2) is 23.0 Å². The largest absolute Gasteiger partial charge is 0.480 e. The van der Waals surface area contributed by atoms with Crippen LogP contribution in [-0.2, 0) is 17.6 Å². The molecule has 0 saturated heterocycles. The Morgan fingerprint density at radius 3 is 2.73 bits per heavy atom. The number of nitrogens with zero attached hydrogens (tertiary/aromatic N) is 1. The molecule has 0 bridgehead atoms. The normalized spacial score (nSPS) is 17.2. The van der Waals surface area contributed by atoms with Crippen molar-refractivity contribution in [2.45, 2.75) is 37.8 Å². The molecule has 1 heterocycles. The lowest BCUT2D eigenvalue weighted by molar-refractivity contribution is -0.139. The summed E-state index contributed by atoms with van der Waals surface area (Å²) >= 11 is 1.31. The molecule has 6 nitrogen and oxygen atoms in total. The van der Waals surface area contributed by atoms with Crippen LogP contribution >= 0.6 is 11.3 Å². The van der Waals surface area contributed by atoms with Crippen molar-refractivity contribution in [1.29, 1.82) is 0 Å². The summed E-state index contributed by atoms with van der Waals surface area (Å²) in [5.41, 5.74) is 1.80. The highest BCUT2D eigenvalue weighted by Gasteiger charge is 2.29. The number of hydrogen-bond acceptors (Lipinski definition) is 5. The summed E-state index contributed by atoms with van der Waals surface area (Å²) in [6.45, 7) is 0. The molecular formula is C18H17FN2O4S. The van der Waals surface area contributed by atoms with Gasteiger partial charge >= 0.3 is 5.97 Å². The minimum absolute atomic E-state index is 0.0478. The lowest BCUT2D eigenvalue weighted by Gasteiger charge is -2.18. The van der Waals surface area contributed by atoms with Gasteiger partial charge < -0.3 is 10.4 Å². The lowest BCUT2D eigenvalue weighted by Crippen LogP contribution is -2.42. The highest BCUT2D eigenvalue weighted by molar-refractivity contribution is 7.10. The van der Waals surface area contributed by atoms with Gasteiger partial charge in [-0.1, -0.05) is 17.3 Å². The monoisotopic (exact) mass is 376 g/mol. The molecule has 1 aliphatic rings. The molecule has 0 radical (unpaired) electrons. The fraction of sp³-hybridized carbons (Fsp3) is 0.333. The Bertz CT molecular complexity index is 834. The predicted octanol–water partition coefficient (Wildman–Crippen LogP) is 3.46. The van der Waals surface area contributed by atoms with Crippen molar-refractivity contribution in [3.8, 4) is 0 Å². The van der Waals surface area contributed by atoms with Crippen LogP contribution in [0.4, 0.5) is 4.39 Å². The van der Waals surface area contributed by atoms with Gasteiger partial charge in [-0.15, -0.1) is 11.3 Å². The molecule has 136 valence electrons. The molecule has 0 aliphatic heterocycles. The van der Waals surface area contributed by atoms with Gasteiger partial charge in [-0.25, -0.2) is 9.18 Å². The minimum atomic E-state index is -1.17. The van der Waals surface area contributed by atoms with Gasteiger partial charge in [0.05, 0.1) is 5.56 Å². The zero-order valence-corrected chi connectivity index (χ0v) is 14.6. The molecule has 2 atom stereocenters. The van der Waals surface area contributed by atoms with E-state index < -0.39 is 29.8 Å². The van der Waals surface area contributed by atoms with Crippen molar-refractivity contribution < 1.29 is 19.1 Å². The van der Waals surface area contributed by atoms with Crippen LogP contribution in [0.2, 0.25) is 0 Å². The number of aliphatic carboxylic acids is 1. The zero-order chi connectivity index (χ0) is 18.7. The van der Waals surface area contributed by atoms with Crippen molar-refractivity contribution in [2.24, 2.45) is 5.18 Å². The van der Waals surface area contributed by atoms with E-state index in [1.807, 2.05) is 0 Å². The fourth-order valence-corrected chi connectivity index (χ4v) is 4.29. The number of carboxylic acids is 1. The Morgan fingerprint density at radius 1 is 1.35 bits per heavy atom. The molecule has 8 heteroatoms. The number of benzene rings is 1. The van der Waals surface area contributed by atoms with Gasteiger partial charge in [0.2, 0.25) is 0 Å². The molecule has 2 unspecified atom stereocenters. The number of fused-ring (bicyclic) bond motifs is 1. The third-order valence-electron chi connectivity index (χ3n) is 4.46. The smallest absolute Gasteiger partial charge is 0.326 e. The highest BCUT2D eigenvalue weighted by Crippen LogP contribution is 2.38. The van der Waals surface area contributed by atoms with E-state index in [2.05, 4.69) is 10.5 Å². The Morgan fingerprint density at radius 2 is 2.08 bits per heavy atom. The van der Waals surface area contributed by atoms with E-state index in [0.717, 1.165) is 16.9 Å². The van der Waals surface area contributed by atoms with E-state index in [0.29, 0.717) is 24.0 Å². The van der Waals surface area contributed by atoms with Crippen LogP contribution in [0.3, 0.4) is 0 Å². The Hall–Kier alpha value is -2.61. The van der Waals surface area contributed by atoms with Crippen LogP contribution < -0.4 is 5.32 Å². The summed E-state index contributed by atoms with van der Waals surface area (Å²) in [7, 11) is 0. The Kier molecular flexibility index (Phi) is 5.41. The second-order valence-corrected chi connectivity index (χ2v) is 7.11. The van der Waals surface area contributed by atoms with E-state index in [-0.39, 0.29) is 6.42 Å². The molecule has 1 aliphatic carbocycles. The summed E-state index contributed by atoms with van der Waals surface area (Å²) in [6, 6.07) is 3.91. The van der Waals surface area contributed by atoms with E-state index in [1.54, 1.807) is 5.38 Å². The van der Waals surface area contributed by atoms with Crippen LogP contribution in [0.1, 0.15) is 45.2 Å². The van der Waals surface area contributed by atoms with Crippen LogP contribution in [0.5, 0.6) is 0 Å². The van der Waals surface area contributed by atoms with Crippen LogP contribution in [0.15, 0.2) is 34.8 Å². The lowest BCUT2D eigenvalue weighted by atomic mass is 9.92. The second kappa shape index (κ2) is 7.74. The van der Waals surface area contributed by atoms with Crippen LogP contribution in [0.25, 0.3) is 0 Å². The first-order chi connectivity index (χ1) is 12.5. The summed E-state index contributed by atoms with van der Waals surface area (Å²) < 4.78 is 13.0. The molecule has 1 amide bonds. The van der Waals surface area contributed by atoms with E-state index in [4.69, 9.17) is 0 Å². The number of carbonyl (C=O) groups is 2. The summed E-state index contributed by atoms with van der Waals surface area (Å²) in [5.74, 6) is -2.06. The molecule has 3 rings (SSSR count). The average Bonchev–Trinajstić information content (AvgIpc) is 3.07. The number of thiophene rings is 1. The van der Waals surface area contributed by atoms with E-state index >= 15 is 0 Å². The molecule has 2 aromatic rings. The second-order valence-electron chi connectivity index (χ2n) is 6.20. The van der Waals surface area contributed by atoms with Crippen molar-refractivity contribution in [3.05, 3.63) is 61.9 Å². The maximum atomic E-state index is 13.0. The Balaban J connectivity index is 1.76. The molecule has 0 saturated carbocycles. The average molecular weight is 376 g/mol. The number of amides is 1. The highest BCUT2D eigenvalue weighted by atomic mass is 32.1. The molecule has 26 heavy (non-hydrogen) atoms. The first kappa shape index (κ1) is 18.2. The van der Waals surface area contributed by atoms with Gasteiger partial charge in [-0.2, -0.15) is 4.91 Å². The quantitative estimate of drug-likeness (QED) is 0.755. The molecule has 1 aromatic heterocycles. The minimum Gasteiger partial charge on any atom is -0.480 e. The van der Waals surface area contributed by atoms with Crippen molar-refractivity contribution in [3.63, 3.8) is 0 Å². The molecule has 0 fully saturated rings. The number of carbonyl (C=O) groups excluding carboxylic acids is 1. The van der Waals surface area contributed by atoms with Gasteiger partial charge in [-0.3, -0.25) is 4.79 Å². The molecule has 0 spiro atoms. The SMILES string of the molecule is O=NC1CCCc2c(C(=O)NC(Cc3ccc(F)cc3)C(=O)O)csc21.